The molecule has 5 N–H and O–H groups in total. The number of nitrogens with two attached hydrogens (primary N) is 2. The lowest BCUT2D eigenvalue weighted by atomic mass is 9.95. The summed E-state index contributed by atoms with van der Waals surface area (Å²) < 4.78 is 0. The highest BCUT2D eigenvalue weighted by atomic mass is 16.1. The molecule has 120 valence electrons. The minimum atomic E-state index is -0.122. The number of para-hydroxylation sites is 1. The predicted octanol–water partition coefficient (Wildman–Crippen LogP) is 4.14. The number of carbonyl (C=O) groups excluding carboxylic acids is 1. The van der Waals surface area contributed by atoms with Gasteiger partial charge in [0.1, 0.15) is 0 Å². The molecule has 0 aromatic heterocycles. The van der Waals surface area contributed by atoms with Crippen LogP contribution in [0.4, 0.5) is 17.1 Å². The fourth-order valence-corrected chi connectivity index (χ4v) is 2.71. The number of anilines is 3. The standard InChI is InChI=1S/C20H19N3O/c1-13(24)23-20-18(14-8-10-16(21)11-9-14)6-3-7-19(20)15-4-2-5-17(22)12-15/h2-12H,21-22H2,1H3,(H,23,24). The number of hydrogen-bond acceptors (Lipinski definition) is 3. The van der Waals surface area contributed by atoms with Crippen molar-refractivity contribution < 1.29 is 4.79 Å². The third kappa shape index (κ3) is 3.22. The van der Waals surface area contributed by atoms with Gasteiger partial charge in [-0.3, -0.25) is 4.79 Å². The summed E-state index contributed by atoms with van der Waals surface area (Å²) in [4.78, 5) is 11.7. The van der Waals surface area contributed by atoms with Gasteiger partial charge in [-0.2, -0.15) is 0 Å². The van der Waals surface area contributed by atoms with Gasteiger partial charge in [-0.25, -0.2) is 0 Å². The van der Waals surface area contributed by atoms with Gasteiger partial charge in [-0.05, 0) is 35.4 Å². The molecular weight excluding hydrogens is 298 g/mol. The summed E-state index contributed by atoms with van der Waals surface area (Å²) in [5.41, 5.74) is 17.6. The number of benzene rings is 3. The second kappa shape index (κ2) is 6.46. The zero-order chi connectivity index (χ0) is 17.1. The van der Waals surface area contributed by atoms with Crippen LogP contribution in [-0.2, 0) is 4.79 Å². The van der Waals surface area contributed by atoms with E-state index in [2.05, 4.69) is 5.32 Å². The molecule has 0 heterocycles. The van der Waals surface area contributed by atoms with Gasteiger partial charge in [0.2, 0.25) is 5.91 Å². The van der Waals surface area contributed by atoms with E-state index in [0.717, 1.165) is 27.9 Å². The van der Waals surface area contributed by atoms with E-state index in [1.807, 2.05) is 66.7 Å². The predicted molar refractivity (Wildman–Crippen MR) is 100 cm³/mol. The van der Waals surface area contributed by atoms with Gasteiger partial charge >= 0.3 is 0 Å². The molecule has 0 saturated carbocycles. The van der Waals surface area contributed by atoms with Crippen LogP contribution in [0, 0.1) is 0 Å². The molecule has 0 aliphatic heterocycles. The summed E-state index contributed by atoms with van der Waals surface area (Å²) in [6.45, 7) is 1.50. The molecule has 0 aliphatic rings. The van der Waals surface area contributed by atoms with E-state index in [4.69, 9.17) is 11.5 Å². The van der Waals surface area contributed by atoms with Crippen molar-refractivity contribution in [1.82, 2.24) is 0 Å². The lowest BCUT2D eigenvalue weighted by Gasteiger charge is -2.16. The van der Waals surface area contributed by atoms with E-state index in [-0.39, 0.29) is 5.91 Å². The molecule has 1 amide bonds. The van der Waals surface area contributed by atoms with Gasteiger partial charge in [-0.1, -0.05) is 42.5 Å². The van der Waals surface area contributed by atoms with Crippen LogP contribution in [0.25, 0.3) is 22.3 Å². The van der Waals surface area contributed by atoms with Crippen molar-refractivity contribution in [3.63, 3.8) is 0 Å². The van der Waals surface area contributed by atoms with E-state index in [1.54, 1.807) is 0 Å². The molecule has 0 atom stereocenters. The Hall–Kier alpha value is -3.27. The Kier molecular flexibility index (Phi) is 4.20. The second-order valence-electron chi connectivity index (χ2n) is 5.66. The summed E-state index contributed by atoms with van der Waals surface area (Å²) in [6, 6.07) is 21.1. The van der Waals surface area contributed by atoms with Gasteiger partial charge in [0, 0.05) is 29.4 Å². The second-order valence-corrected chi connectivity index (χ2v) is 5.66. The zero-order valence-electron chi connectivity index (χ0n) is 13.4. The molecule has 24 heavy (non-hydrogen) atoms. The maximum Gasteiger partial charge on any atom is 0.221 e. The van der Waals surface area contributed by atoms with Crippen molar-refractivity contribution in [2.24, 2.45) is 0 Å². The number of amides is 1. The molecular formula is C20H19N3O. The normalized spacial score (nSPS) is 10.4. The van der Waals surface area contributed by atoms with Crippen molar-refractivity contribution in [2.75, 3.05) is 16.8 Å². The van der Waals surface area contributed by atoms with Crippen LogP contribution in [0.5, 0.6) is 0 Å². The first-order chi connectivity index (χ1) is 11.5. The Labute approximate surface area is 141 Å². The maximum absolute atomic E-state index is 11.7. The lowest BCUT2D eigenvalue weighted by Crippen LogP contribution is -2.08. The van der Waals surface area contributed by atoms with Crippen LogP contribution in [0.2, 0.25) is 0 Å². The molecule has 0 unspecified atom stereocenters. The van der Waals surface area contributed by atoms with Crippen LogP contribution < -0.4 is 16.8 Å². The SMILES string of the molecule is CC(=O)Nc1c(-c2ccc(N)cc2)cccc1-c1cccc(N)c1. The maximum atomic E-state index is 11.7. The fourth-order valence-electron chi connectivity index (χ4n) is 2.71. The monoisotopic (exact) mass is 317 g/mol. The number of hydrogen-bond donors (Lipinski definition) is 3. The summed E-state index contributed by atoms with van der Waals surface area (Å²) in [5.74, 6) is -0.122. The molecule has 3 rings (SSSR count). The van der Waals surface area contributed by atoms with Crippen LogP contribution in [-0.4, -0.2) is 5.91 Å². The van der Waals surface area contributed by atoms with E-state index < -0.39 is 0 Å². The molecule has 0 radical (unpaired) electrons. The molecule has 0 aliphatic carbocycles. The van der Waals surface area contributed by atoms with E-state index in [0.29, 0.717) is 11.4 Å². The lowest BCUT2D eigenvalue weighted by molar-refractivity contribution is -0.114. The van der Waals surface area contributed by atoms with E-state index in [1.165, 1.54) is 6.92 Å². The number of rotatable bonds is 3. The zero-order valence-corrected chi connectivity index (χ0v) is 13.4. The minimum absolute atomic E-state index is 0.122. The Morgan fingerprint density at radius 3 is 2.04 bits per heavy atom. The highest BCUT2D eigenvalue weighted by Crippen LogP contribution is 2.37. The van der Waals surface area contributed by atoms with Crippen LogP contribution in [0.3, 0.4) is 0 Å². The van der Waals surface area contributed by atoms with Crippen molar-refractivity contribution in [1.29, 1.82) is 0 Å². The topological polar surface area (TPSA) is 81.1 Å². The Bertz CT molecular complexity index is 886. The van der Waals surface area contributed by atoms with Gasteiger partial charge in [0.15, 0.2) is 0 Å². The molecule has 3 aromatic carbocycles. The Morgan fingerprint density at radius 2 is 1.42 bits per heavy atom. The number of nitrogens with one attached hydrogen (secondary N) is 1. The average Bonchev–Trinajstić information content (AvgIpc) is 2.55. The van der Waals surface area contributed by atoms with Crippen molar-refractivity contribution in [3.05, 3.63) is 66.7 Å². The summed E-state index contributed by atoms with van der Waals surface area (Å²) in [5, 5.41) is 2.96. The summed E-state index contributed by atoms with van der Waals surface area (Å²) in [7, 11) is 0. The number of carbonyl (C=O) groups is 1. The quantitative estimate of drug-likeness (QED) is 0.635. The highest BCUT2D eigenvalue weighted by molar-refractivity contribution is 6.00. The van der Waals surface area contributed by atoms with E-state index >= 15 is 0 Å². The summed E-state index contributed by atoms with van der Waals surface area (Å²) >= 11 is 0. The smallest absolute Gasteiger partial charge is 0.221 e. The van der Waals surface area contributed by atoms with Crippen LogP contribution in [0.15, 0.2) is 66.7 Å². The number of nitrogen functional groups attached to an aromatic ring is 2. The minimum Gasteiger partial charge on any atom is -0.399 e. The van der Waals surface area contributed by atoms with Crippen molar-refractivity contribution >= 4 is 23.0 Å². The fraction of sp³-hybridized carbons (Fsp3) is 0.0500. The molecule has 4 heteroatoms. The van der Waals surface area contributed by atoms with Crippen LogP contribution in [0.1, 0.15) is 6.92 Å². The summed E-state index contributed by atoms with van der Waals surface area (Å²) in [6.07, 6.45) is 0. The first-order valence-corrected chi connectivity index (χ1v) is 7.67. The van der Waals surface area contributed by atoms with E-state index in [9.17, 15) is 4.79 Å². The molecule has 0 fully saturated rings. The van der Waals surface area contributed by atoms with Gasteiger partial charge < -0.3 is 16.8 Å². The largest absolute Gasteiger partial charge is 0.399 e. The molecule has 0 spiro atoms. The molecule has 3 aromatic rings. The first-order valence-electron chi connectivity index (χ1n) is 7.67. The molecule has 0 bridgehead atoms. The molecule has 0 saturated heterocycles. The van der Waals surface area contributed by atoms with Crippen molar-refractivity contribution in [3.8, 4) is 22.3 Å². The third-order valence-corrected chi connectivity index (χ3v) is 3.78. The average molecular weight is 317 g/mol. The van der Waals surface area contributed by atoms with Gasteiger partial charge in [0.05, 0.1) is 5.69 Å². The Morgan fingerprint density at radius 1 is 0.792 bits per heavy atom. The first kappa shape index (κ1) is 15.6. The van der Waals surface area contributed by atoms with Crippen molar-refractivity contribution in [2.45, 2.75) is 6.92 Å². The molecule has 4 nitrogen and oxygen atoms in total. The van der Waals surface area contributed by atoms with Gasteiger partial charge in [-0.15, -0.1) is 0 Å². The third-order valence-electron chi connectivity index (χ3n) is 3.78. The van der Waals surface area contributed by atoms with Crippen LogP contribution >= 0.6 is 0 Å². The highest BCUT2D eigenvalue weighted by Gasteiger charge is 2.13. The Balaban J connectivity index is 2.21. The van der Waals surface area contributed by atoms with Gasteiger partial charge in [0.25, 0.3) is 0 Å².